The third-order valence-corrected chi connectivity index (χ3v) is 0.211. The average molecular weight is 129 g/mol. The first kappa shape index (κ1) is 10.5. The number of amides is 1. The average Bonchev–Trinajstić information content (AvgIpc) is 1.36. The van der Waals surface area contributed by atoms with Gasteiger partial charge in [-0.05, 0) is 0 Å². The van der Waals surface area contributed by atoms with Crippen LogP contribution in [0.5, 0.6) is 0 Å². The van der Waals surface area contributed by atoms with E-state index in [1.54, 1.807) is 0 Å². The summed E-state index contributed by atoms with van der Waals surface area (Å²) in [5.41, 5.74) is 4.20. The number of carbonyl (C=O) groups is 2. The van der Waals surface area contributed by atoms with Crippen molar-refractivity contribution in [2.24, 2.45) is 5.73 Å². The van der Waals surface area contributed by atoms with Crippen molar-refractivity contribution in [3.05, 3.63) is 0 Å². The fraction of sp³-hybridized carbons (Fsp3) is 0. The van der Waals surface area contributed by atoms with Crippen molar-refractivity contribution in [1.82, 2.24) is 0 Å². The van der Waals surface area contributed by atoms with E-state index >= 15 is 0 Å². The summed E-state index contributed by atoms with van der Waals surface area (Å²) in [5.74, 6) is -2.93. The molecule has 0 atom stereocenters. The van der Waals surface area contributed by atoms with E-state index in [4.69, 9.17) is 5.11 Å². The van der Waals surface area contributed by atoms with Crippen molar-refractivity contribution in [2.75, 3.05) is 0 Å². The maximum absolute atomic E-state index is 9.32. The van der Waals surface area contributed by atoms with Crippen LogP contribution in [-0.4, -0.2) is 17.0 Å². The molecule has 1 amide bonds. The van der Waals surface area contributed by atoms with Crippen LogP contribution >= 0.6 is 0 Å². The predicted molar refractivity (Wildman–Crippen MR) is 17.9 cm³/mol. The summed E-state index contributed by atoms with van der Waals surface area (Å²) in [4.78, 5) is 18.5. The van der Waals surface area contributed by atoms with Crippen molar-refractivity contribution in [1.29, 1.82) is 0 Å². The van der Waals surface area contributed by atoms with E-state index < -0.39 is 11.9 Å². The minimum Gasteiger partial charge on any atom is -1.00 e. The zero-order chi connectivity index (χ0) is 5.15. The summed E-state index contributed by atoms with van der Waals surface area (Å²) in [7, 11) is 0. The van der Waals surface area contributed by atoms with Crippen molar-refractivity contribution in [3.8, 4) is 0 Å². The zero-order valence-corrected chi connectivity index (χ0v) is 6.96. The van der Waals surface area contributed by atoms with Gasteiger partial charge in [0.05, 0.1) is 0 Å². The Bertz CT molecular complexity index is 83.3. The molecule has 0 fully saturated rings. The molecule has 0 aromatic carbocycles. The maximum atomic E-state index is 9.32. The molecule has 3 N–H and O–H groups in total. The molecular formula is C2H4KNO3. The third-order valence-electron chi connectivity index (χ3n) is 0.211. The molecular weight excluding hydrogens is 125 g/mol. The van der Waals surface area contributed by atoms with Gasteiger partial charge < -0.3 is 12.3 Å². The normalized spacial score (nSPS) is 6.29. The molecule has 0 aliphatic heterocycles. The summed E-state index contributed by atoms with van der Waals surface area (Å²) in [6.07, 6.45) is 0. The van der Waals surface area contributed by atoms with Gasteiger partial charge in [-0.1, -0.05) is 0 Å². The second-order valence-corrected chi connectivity index (χ2v) is 0.669. The molecule has 0 bridgehead atoms. The van der Waals surface area contributed by atoms with Gasteiger partial charge in [0.1, 0.15) is 0 Å². The summed E-state index contributed by atoms with van der Waals surface area (Å²) in [6.45, 7) is 0. The molecule has 0 spiro atoms. The van der Waals surface area contributed by atoms with Crippen molar-refractivity contribution in [3.63, 3.8) is 0 Å². The molecule has 0 radical (unpaired) electrons. The molecule has 0 aliphatic carbocycles. The van der Waals surface area contributed by atoms with Crippen molar-refractivity contribution >= 4 is 11.9 Å². The Balaban J connectivity index is -0.000000125. The van der Waals surface area contributed by atoms with Gasteiger partial charge in [-0.15, -0.1) is 0 Å². The maximum Gasteiger partial charge on any atom is 1.00 e. The van der Waals surface area contributed by atoms with Crippen LogP contribution in [0.25, 0.3) is 0 Å². The predicted octanol–water partition coefficient (Wildman–Crippen LogP) is -4.33. The molecule has 5 heteroatoms. The minimum atomic E-state index is -1.60. The minimum absolute atomic E-state index is 0. The van der Waals surface area contributed by atoms with Crippen LogP contribution in [0.4, 0.5) is 0 Å². The first-order chi connectivity index (χ1) is 2.64. The Labute approximate surface area is 84.0 Å². The first-order valence-corrected chi connectivity index (χ1v) is 1.17. The number of hydrogen-bond acceptors (Lipinski definition) is 2. The quantitative estimate of drug-likeness (QED) is 0.256. The number of rotatable bonds is 0. The molecule has 7 heavy (non-hydrogen) atoms. The molecule has 0 aromatic rings. The van der Waals surface area contributed by atoms with Crippen LogP contribution in [0.2, 0.25) is 0 Å². The van der Waals surface area contributed by atoms with Crippen LogP contribution in [0.15, 0.2) is 0 Å². The monoisotopic (exact) mass is 129 g/mol. The van der Waals surface area contributed by atoms with Crippen LogP contribution in [0.1, 0.15) is 1.43 Å². The van der Waals surface area contributed by atoms with E-state index in [2.05, 4.69) is 5.73 Å². The molecule has 36 valence electrons. The van der Waals surface area contributed by atoms with Gasteiger partial charge >= 0.3 is 63.3 Å². The summed E-state index contributed by atoms with van der Waals surface area (Å²) < 4.78 is 0. The molecule has 0 rings (SSSR count). The number of primary amides is 1. The van der Waals surface area contributed by atoms with Crippen LogP contribution < -0.4 is 57.1 Å². The molecule has 0 saturated carbocycles. The van der Waals surface area contributed by atoms with Crippen LogP contribution in [-0.2, 0) is 9.59 Å². The Morgan fingerprint density at radius 3 is 1.71 bits per heavy atom. The van der Waals surface area contributed by atoms with E-state index in [9.17, 15) is 9.59 Å². The number of nitrogens with two attached hydrogens (primary N) is 1. The molecule has 0 unspecified atom stereocenters. The van der Waals surface area contributed by atoms with Gasteiger partial charge in [0.15, 0.2) is 0 Å². The van der Waals surface area contributed by atoms with Crippen LogP contribution in [0, 0.1) is 0 Å². The first-order valence-electron chi connectivity index (χ1n) is 1.17. The Morgan fingerprint density at radius 2 is 1.71 bits per heavy atom. The summed E-state index contributed by atoms with van der Waals surface area (Å²) in [5, 5.41) is 7.52. The number of carboxylic acid groups (broad SMARTS) is 1. The number of carboxylic acids is 1. The van der Waals surface area contributed by atoms with E-state index in [0.29, 0.717) is 0 Å². The van der Waals surface area contributed by atoms with Crippen molar-refractivity contribution in [2.45, 2.75) is 0 Å². The van der Waals surface area contributed by atoms with E-state index in [1.807, 2.05) is 0 Å². The van der Waals surface area contributed by atoms with Gasteiger partial charge in [0.2, 0.25) is 0 Å². The number of hydrogen-bond donors (Lipinski definition) is 2. The van der Waals surface area contributed by atoms with Gasteiger partial charge in [-0.25, -0.2) is 4.79 Å². The Hall–Kier alpha value is 0.576. The summed E-state index contributed by atoms with van der Waals surface area (Å²) >= 11 is 0. The van der Waals surface area contributed by atoms with Gasteiger partial charge in [0.25, 0.3) is 0 Å². The second kappa shape index (κ2) is 4.73. The van der Waals surface area contributed by atoms with E-state index in [0.717, 1.165) is 0 Å². The summed E-state index contributed by atoms with van der Waals surface area (Å²) in [6, 6.07) is 0. The van der Waals surface area contributed by atoms with Crippen molar-refractivity contribution < 1.29 is 67.5 Å². The third kappa shape index (κ3) is 6.58. The van der Waals surface area contributed by atoms with E-state index in [1.165, 1.54) is 0 Å². The molecule has 0 aliphatic rings. The van der Waals surface area contributed by atoms with E-state index in [-0.39, 0.29) is 52.8 Å². The fourth-order valence-electron chi connectivity index (χ4n) is 0. The molecule has 0 saturated heterocycles. The fourth-order valence-corrected chi connectivity index (χ4v) is 0. The standard InChI is InChI=1S/C2H3NO3.K.H/c3-1(4)2(5)6;;/h(H2,3,4)(H,5,6);;/q;+1;-1. The zero-order valence-electron chi connectivity index (χ0n) is 4.84. The largest absolute Gasteiger partial charge is 1.00 e. The number of carbonyl (C=O) groups excluding carboxylic acids is 1. The molecule has 4 nitrogen and oxygen atoms in total. The Morgan fingerprint density at radius 1 is 1.57 bits per heavy atom. The smallest absolute Gasteiger partial charge is 1.00 e. The van der Waals surface area contributed by atoms with Gasteiger partial charge in [0, 0.05) is 0 Å². The van der Waals surface area contributed by atoms with Gasteiger partial charge in [-0.3, -0.25) is 4.79 Å². The second-order valence-electron chi connectivity index (χ2n) is 0.669. The van der Waals surface area contributed by atoms with Gasteiger partial charge in [-0.2, -0.15) is 0 Å². The molecule has 0 heterocycles. The molecule has 0 aromatic heterocycles. The SMILES string of the molecule is NC(=O)C(=O)O.[H-].[K+]. The van der Waals surface area contributed by atoms with Crippen LogP contribution in [0.3, 0.4) is 0 Å². The Kier molecular flexibility index (Phi) is 7.12. The number of aliphatic carboxylic acids is 1. The topological polar surface area (TPSA) is 80.4 Å².